The first-order chi connectivity index (χ1) is 10.0. The minimum Gasteiger partial charge on any atom is -0.480 e. The third kappa shape index (κ3) is 3.55. The zero-order valence-electron chi connectivity index (χ0n) is 11.3. The Morgan fingerprint density at radius 1 is 1.33 bits per heavy atom. The summed E-state index contributed by atoms with van der Waals surface area (Å²) in [5, 5.41) is 9.29. The molecule has 112 valence electrons. The number of carboxylic acid groups (broad SMARTS) is 1. The number of aliphatic carboxylic acids is 1. The van der Waals surface area contributed by atoms with Gasteiger partial charge in [0, 0.05) is 24.3 Å². The number of fused-ring (bicyclic) bond motifs is 1. The normalized spacial score (nSPS) is 16.6. The lowest BCUT2D eigenvalue weighted by atomic mass is 10.1. The van der Waals surface area contributed by atoms with E-state index in [0.717, 1.165) is 5.56 Å². The van der Waals surface area contributed by atoms with Crippen molar-refractivity contribution in [2.45, 2.75) is 18.9 Å². The summed E-state index contributed by atoms with van der Waals surface area (Å²) in [4.78, 5) is 35.6. The summed E-state index contributed by atoms with van der Waals surface area (Å²) in [6, 6.07) is 6.35. The van der Waals surface area contributed by atoms with Crippen LogP contribution in [0, 0.1) is 0 Å². The van der Waals surface area contributed by atoms with Crippen LogP contribution in [0.1, 0.15) is 12.0 Å². The number of carbonyl (C=O) groups is 3. The van der Waals surface area contributed by atoms with Gasteiger partial charge in [-0.15, -0.1) is 0 Å². The molecule has 1 atom stereocenters. The number of benzene rings is 1. The standard InChI is InChI=1S/C14H16N2O4S/c15-12(17)8-21-6-5-13(18)16-10-4-2-1-3-9(10)7-11(16)14(19)20/h1-4,11H,5-8H2,(H2,15,17)(H,19,20). The van der Waals surface area contributed by atoms with Gasteiger partial charge in [-0.25, -0.2) is 4.79 Å². The van der Waals surface area contributed by atoms with Crippen molar-refractivity contribution in [2.24, 2.45) is 5.73 Å². The van der Waals surface area contributed by atoms with Gasteiger partial charge in [-0.3, -0.25) is 14.5 Å². The zero-order valence-corrected chi connectivity index (χ0v) is 12.1. The van der Waals surface area contributed by atoms with E-state index in [1.807, 2.05) is 12.1 Å². The van der Waals surface area contributed by atoms with Gasteiger partial charge in [0.05, 0.1) is 5.75 Å². The maximum Gasteiger partial charge on any atom is 0.327 e. The quantitative estimate of drug-likeness (QED) is 0.751. The van der Waals surface area contributed by atoms with E-state index < -0.39 is 17.9 Å². The minimum atomic E-state index is -1.01. The van der Waals surface area contributed by atoms with Gasteiger partial charge in [-0.1, -0.05) is 18.2 Å². The largest absolute Gasteiger partial charge is 0.480 e. The summed E-state index contributed by atoms with van der Waals surface area (Å²) < 4.78 is 0. The minimum absolute atomic E-state index is 0.159. The molecule has 3 N–H and O–H groups in total. The van der Waals surface area contributed by atoms with Gasteiger partial charge < -0.3 is 10.8 Å². The van der Waals surface area contributed by atoms with Crippen molar-refractivity contribution in [1.82, 2.24) is 0 Å². The Labute approximate surface area is 126 Å². The van der Waals surface area contributed by atoms with Crippen LogP contribution >= 0.6 is 11.8 Å². The topological polar surface area (TPSA) is 101 Å². The molecule has 0 radical (unpaired) electrons. The van der Waals surface area contributed by atoms with Crippen molar-refractivity contribution in [1.29, 1.82) is 0 Å². The van der Waals surface area contributed by atoms with Crippen LogP contribution in [0.4, 0.5) is 5.69 Å². The Bertz CT molecular complexity index is 576. The summed E-state index contributed by atoms with van der Waals surface area (Å²) in [6.07, 6.45) is 0.502. The lowest BCUT2D eigenvalue weighted by molar-refractivity contribution is -0.139. The van der Waals surface area contributed by atoms with Gasteiger partial charge in [-0.05, 0) is 11.6 Å². The highest BCUT2D eigenvalue weighted by molar-refractivity contribution is 7.99. The molecule has 6 nitrogen and oxygen atoms in total. The Morgan fingerprint density at radius 2 is 2.05 bits per heavy atom. The highest BCUT2D eigenvalue weighted by Gasteiger charge is 2.37. The maximum atomic E-state index is 12.3. The number of nitrogens with two attached hydrogens (primary N) is 1. The molecule has 1 aromatic rings. The van der Waals surface area contributed by atoms with Crippen molar-refractivity contribution >= 4 is 35.2 Å². The molecule has 0 spiro atoms. The first-order valence-electron chi connectivity index (χ1n) is 6.49. The Hall–Kier alpha value is -2.02. The third-order valence-corrected chi connectivity index (χ3v) is 4.22. The van der Waals surface area contributed by atoms with Gasteiger partial charge in [0.25, 0.3) is 0 Å². The van der Waals surface area contributed by atoms with E-state index in [9.17, 15) is 19.5 Å². The number of amides is 2. The van der Waals surface area contributed by atoms with Gasteiger partial charge in [-0.2, -0.15) is 11.8 Å². The van der Waals surface area contributed by atoms with Gasteiger partial charge in [0.2, 0.25) is 11.8 Å². The number of rotatable bonds is 6. The number of carbonyl (C=O) groups excluding carboxylic acids is 2. The van der Waals surface area contributed by atoms with Crippen LogP contribution in [-0.4, -0.2) is 40.4 Å². The molecular weight excluding hydrogens is 292 g/mol. The van der Waals surface area contributed by atoms with Crippen LogP contribution in [-0.2, 0) is 20.8 Å². The number of carboxylic acids is 1. The van der Waals surface area contributed by atoms with E-state index in [0.29, 0.717) is 17.9 Å². The first-order valence-corrected chi connectivity index (χ1v) is 7.65. The van der Waals surface area contributed by atoms with Crippen molar-refractivity contribution in [2.75, 3.05) is 16.4 Å². The van der Waals surface area contributed by atoms with E-state index in [1.54, 1.807) is 12.1 Å². The number of para-hydroxylation sites is 1. The monoisotopic (exact) mass is 308 g/mol. The lowest BCUT2D eigenvalue weighted by Gasteiger charge is -2.22. The van der Waals surface area contributed by atoms with E-state index in [-0.39, 0.29) is 18.1 Å². The van der Waals surface area contributed by atoms with Crippen molar-refractivity contribution in [3.8, 4) is 0 Å². The molecule has 0 saturated carbocycles. The zero-order chi connectivity index (χ0) is 15.4. The molecule has 7 heteroatoms. The molecule has 0 fully saturated rings. The van der Waals surface area contributed by atoms with E-state index in [1.165, 1.54) is 16.7 Å². The first kappa shape index (κ1) is 15.4. The average molecular weight is 308 g/mol. The molecule has 21 heavy (non-hydrogen) atoms. The summed E-state index contributed by atoms with van der Waals surface area (Å²) in [6.45, 7) is 0. The van der Waals surface area contributed by atoms with Crippen LogP contribution in [0.15, 0.2) is 24.3 Å². The van der Waals surface area contributed by atoms with Crippen molar-refractivity contribution < 1.29 is 19.5 Å². The van der Waals surface area contributed by atoms with Crippen molar-refractivity contribution in [3.05, 3.63) is 29.8 Å². The number of anilines is 1. The van der Waals surface area contributed by atoms with Crippen LogP contribution in [0.2, 0.25) is 0 Å². The summed E-state index contributed by atoms with van der Waals surface area (Å²) in [5.41, 5.74) is 6.55. The fraction of sp³-hybridized carbons (Fsp3) is 0.357. The molecule has 1 aliphatic rings. The van der Waals surface area contributed by atoms with Gasteiger partial charge in [0.1, 0.15) is 6.04 Å². The predicted molar refractivity (Wildman–Crippen MR) is 80.2 cm³/mol. The molecular formula is C14H16N2O4S. The second kappa shape index (κ2) is 6.62. The number of hydrogen-bond donors (Lipinski definition) is 2. The predicted octanol–water partition coefficient (Wildman–Crippen LogP) is 0.637. The van der Waals surface area contributed by atoms with E-state index in [2.05, 4.69) is 0 Å². The Morgan fingerprint density at radius 3 is 2.71 bits per heavy atom. The highest BCUT2D eigenvalue weighted by atomic mass is 32.2. The molecule has 1 aromatic carbocycles. The van der Waals surface area contributed by atoms with Crippen molar-refractivity contribution in [3.63, 3.8) is 0 Å². The second-order valence-electron chi connectivity index (χ2n) is 4.72. The Kier molecular flexibility index (Phi) is 4.85. The van der Waals surface area contributed by atoms with E-state index in [4.69, 9.17) is 5.73 Å². The molecule has 2 amide bonds. The molecule has 0 aliphatic carbocycles. The summed E-state index contributed by atoms with van der Waals surface area (Å²) in [5.74, 6) is -1.09. The number of primary amides is 1. The third-order valence-electron chi connectivity index (χ3n) is 3.23. The van der Waals surface area contributed by atoms with Crippen LogP contribution in [0.25, 0.3) is 0 Å². The molecule has 0 saturated heterocycles. The lowest BCUT2D eigenvalue weighted by Crippen LogP contribution is -2.43. The fourth-order valence-corrected chi connectivity index (χ4v) is 3.01. The fourth-order valence-electron chi connectivity index (χ4n) is 2.34. The molecule has 0 aromatic heterocycles. The van der Waals surface area contributed by atoms with Crippen LogP contribution < -0.4 is 10.6 Å². The summed E-state index contributed by atoms with van der Waals surface area (Å²) >= 11 is 1.27. The number of hydrogen-bond acceptors (Lipinski definition) is 4. The van der Waals surface area contributed by atoms with Crippen LogP contribution in [0.3, 0.4) is 0 Å². The SMILES string of the molecule is NC(=O)CSCCC(=O)N1c2ccccc2CC1C(=O)O. The molecule has 0 bridgehead atoms. The molecule has 1 unspecified atom stereocenters. The summed E-state index contributed by atoms with van der Waals surface area (Å²) in [7, 11) is 0. The van der Waals surface area contributed by atoms with Gasteiger partial charge in [0.15, 0.2) is 0 Å². The molecule has 1 heterocycles. The molecule has 2 rings (SSSR count). The Balaban J connectivity index is 2.06. The van der Waals surface area contributed by atoms with Gasteiger partial charge >= 0.3 is 5.97 Å². The van der Waals surface area contributed by atoms with Crippen LogP contribution in [0.5, 0.6) is 0 Å². The van der Waals surface area contributed by atoms with E-state index >= 15 is 0 Å². The highest BCUT2D eigenvalue weighted by Crippen LogP contribution is 2.32. The number of thioether (sulfide) groups is 1. The average Bonchev–Trinajstić information content (AvgIpc) is 2.83. The molecule has 1 aliphatic heterocycles. The smallest absolute Gasteiger partial charge is 0.327 e. The maximum absolute atomic E-state index is 12.3. The number of nitrogens with zero attached hydrogens (tertiary/aromatic N) is 1. The second-order valence-corrected chi connectivity index (χ2v) is 5.82.